The Hall–Kier alpha value is -3.09. The number of fused-ring (bicyclic) bond motifs is 1. The average Bonchev–Trinajstić information content (AvgIpc) is 2.66. The summed E-state index contributed by atoms with van der Waals surface area (Å²) in [6, 6.07) is 10.6. The number of rotatable bonds is 5. The van der Waals surface area contributed by atoms with Crippen LogP contribution in [0.15, 0.2) is 36.4 Å². The largest absolute Gasteiger partial charge is 0.493 e. The lowest BCUT2D eigenvalue weighted by molar-refractivity contribution is -0.128. The summed E-state index contributed by atoms with van der Waals surface area (Å²) in [5.41, 5.74) is 0.499. The molecule has 7 nitrogen and oxygen atoms in total. The van der Waals surface area contributed by atoms with Gasteiger partial charge >= 0.3 is 0 Å². The summed E-state index contributed by atoms with van der Waals surface area (Å²) >= 11 is 0. The van der Waals surface area contributed by atoms with E-state index in [2.05, 4.69) is 5.32 Å². The molecule has 0 radical (unpaired) electrons. The molecule has 0 spiro atoms. The minimum absolute atomic E-state index is 0.332. The number of amides is 1. The fraction of sp³-hybridized carbons (Fsp3) is 0.316. The minimum Gasteiger partial charge on any atom is -0.493 e. The molecule has 1 aliphatic heterocycles. The molecule has 26 heavy (non-hydrogen) atoms. The fourth-order valence-electron chi connectivity index (χ4n) is 2.77. The standard InChI is InChI=1S/C19H21NO6/c1-11-17(26-14-8-6-5-7-13(14)25-11)19(21)20-12-9-15(22-2)18(24-4)16(10-12)23-3/h5-11,17H,1-4H3,(H,20,21)/t11-,17+/m1/s1. The Morgan fingerprint density at radius 2 is 1.54 bits per heavy atom. The van der Waals surface area contributed by atoms with Gasteiger partial charge in [-0.05, 0) is 19.1 Å². The zero-order valence-corrected chi connectivity index (χ0v) is 15.1. The number of hydrogen-bond donors (Lipinski definition) is 1. The number of carbonyl (C=O) groups excluding carboxylic acids is 1. The van der Waals surface area contributed by atoms with Gasteiger partial charge in [0, 0.05) is 17.8 Å². The lowest BCUT2D eigenvalue weighted by Gasteiger charge is -2.31. The maximum atomic E-state index is 12.7. The van der Waals surface area contributed by atoms with Crippen molar-refractivity contribution < 1.29 is 28.5 Å². The fourth-order valence-corrected chi connectivity index (χ4v) is 2.77. The predicted molar refractivity (Wildman–Crippen MR) is 95.7 cm³/mol. The summed E-state index contributed by atoms with van der Waals surface area (Å²) in [7, 11) is 4.55. The number of methoxy groups -OCH3 is 3. The van der Waals surface area contributed by atoms with Gasteiger partial charge < -0.3 is 29.0 Å². The monoisotopic (exact) mass is 359 g/mol. The molecule has 0 saturated carbocycles. The summed E-state index contributed by atoms with van der Waals surface area (Å²) in [4.78, 5) is 12.7. The first-order chi connectivity index (χ1) is 12.6. The molecule has 1 heterocycles. The van der Waals surface area contributed by atoms with Crippen LogP contribution in [-0.2, 0) is 4.79 Å². The summed E-state index contributed by atoms with van der Waals surface area (Å²) in [6.45, 7) is 1.79. The molecule has 7 heteroatoms. The second kappa shape index (κ2) is 7.43. The van der Waals surface area contributed by atoms with Crippen molar-refractivity contribution in [3.8, 4) is 28.7 Å². The zero-order chi connectivity index (χ0) is 18.7. The number of ether oxygens (including phenoxy) is 5. The molecule has 0 bridgehead atoms. The average molecular weight is 359 g/mol. The third-order valence-electron chi connectivity index (χ3n) is 4.03. The Kier molecular flexibility index (Phi) is 5.06. The van der Waals surface area contributed by atoms with Crippen LogP contribution in [0.5, 0.6) is 28.7 Å². The number of anilines is 1. The van der Waals surface area contributed by atoms with E-state index in [1.54, 1.807) is 31.2 Å². The molecule has 1 amide bonds. The van der Waals surface area contributed by atoms with Crippen molar-refractivity contribution in [3.05, 3.63) is 36.4 Å². The van der Waals surface area contributed by atoms with E-state index in [0.29, 0.717) is 34.4 Å². The molecule has 2 aromatic rings. The molecular weight excluding hydrogens is 338 g/mol. The first-order valence-electron chi connectivity index (χ1n) is 8.10. The smallest absolute Gasteiger partial charge is 0.269 e. The van der Waals surface area contributed by atoms with E-state index in [9.17, 15) is 4.79 Å². The molecule has 2 aromatic carbocycles. The van der Waals surface area contributed by atoms with Crippen molar-refractivity contribution in [2.45, 2.75) is 19.1 Å². The Balaban J connectivity index is 1.82. The zero-order valence-electron chi connectivity index (χ0n) is 15.1. The third-order valence-corrected chi connectivity index (χ3v) is 4.03. The Labute approximate surface area is 151 Å². The molecule has 2 atom stereocenters. The van der Waals surface area contributed by atoms with E-state index in [1.165, 1.54) is 21.3 Å². The van der Waals surface area contributed by atoms with E-state index in [-0.39, 0.29) is 5.91 Å². The molecule has 1 aliphatic rings. The molecule has 0 aromatic heterocycles. The normalized spacial score (nSPS) is 18.0. The molecule has 0 unspecified atom stereocenters. The topological polar surface area (TPSA) is 75.3 Å². The molecule has 0 aliphatic carbocycles. The molecule has 138 valence electrons. The van der Waals surface area contributed by atoms with Gasteiger partial charge in [-0.15, -0.1) is 0 Å². The molecule has 1 N–H and O–H groups in total. The van der Waals surface area contributed by atoms with Gasteiger partial charge in [-0.3, -0.25) is 4.79 Å². The molecule has 0 saturated heterocycles. The maximum Gasteiger partial charge on any atom is 0.269 e. The van der Waals surface area contributed by atoms with E-state index < -0.39 is 12.2 Å². The predicted octanol–water partition coefficient (Wildman–Crippen LogP) is 2.88. The van der Waals surface area contributed by atoms with Gasteiger partial charge in [-0.2, -0.15) is 0 Å². The molecular formula is C19H21NO6. The first kappa shape index (κ1) is 17.7. The van der Waals surface area contributed by atoms with Gasteiger partial charge in [0.2, 0.25) is 11.9 Å². The summed E-state index contributed by atoms with van der Waals surface area (Å²) in [5, 5.41) is 2.81. The van der Waals surface area contributed by atoms with Crippen molar-refractivity contribution in [1.29, 1.82) is 0 Å². The van der Waals surface area contributed by atoms with Gasteiger partial charge in [-0.1, -0.05) is 12.1 Å². The SMILES string of the molecule is COc1cc(NC(=O)[C@H]2Oc3ccccc3O[C@@H]2C)cc(OC)c1OC. The second-order valence-corrected chi connectivity index (χ2v) is 5.71. The summed E-state index contributed by atoms with van der Waals surface area (Å²) in [6.07, 6.45) is -1.23. The van der Waals surface area contributed by atoms with Crippen molar-refractivity contribution in [2.75, 3.05) is 26.6 Å². The van der Waals surface area contributed by atoms with Crippen LogP contribution in [0, 0.1) is 0 Å². The second-order valence-electron chi connectivity index (χ2n) is 5.71. The van der Waals surface area contributed by atoms with Crippen molar-refractivity contribution >= 4 is 11.6 Å². The van der Waals surface area contributed by atoms with Gasteiger partial charge in [-0.25, -0.2) is 0 Å². The van der Waals surface area contributed by atoms with Gasteiger partial charge in [0.15, 0.2) is 23.0 Å². The number of nitrogens with one attached hydrogen (secondary N) is 1. The van der Waals surface area contributed by atoms with Crippen LogP contribution in [0.4, 0.5) is 5.69 Å². The maximum absolute atomic E-state index is 12.7. The van der Waals surface area contributed by atoms with Gasteiger partial charge in [0.1, 0.15) is 6.10 Å². The highest BCUT2D eigenvalue weighted by Crippen LogP contribution is 2.40. The van der Waals surface area contributed by atoms with Crippen LogP contribution in [0.2, 0.25) is 0 Å². The summed E-state index contributed by atoms with van der Waals surface area (Å²) < 4.78 is 27.5. The first-order valence-corrected chi connectivity index (χ1v) is 8.10. The number of benzene rings is 2. The van der Waals surface area contributed by atoms with Crippen LogP contribution in [0.25, 0.3) is 0 Å². The lowest BCUT2D eigenvalue weighted by atomic mass is 10.1. The Morgan fingerprint density at radius 1 is 0.962 bits per heavy atom. The highest BCUT2D eigenvalue weighted by Gasteiger charge is 2.34. The Bertz CT molecular complexity index is 781. The molecule has 3 rings (SSSR count). The number of hydrogen-bond acceptors (Lipinski definition) is 6. The van der Waals surface area contributed by atoms with Crippen molar-refractivity contribution in [2.24, 2.45) is 0 Å². The third kappa shape index (κ3) is 3.33. The Morgan fingerprint density at radius 3 is 2.08 bits per heavy atom. The van der Waals surface area contributed by atoms with Crippen LogP contribution in [0.3, 0.4) is 0 Å². The van der Waals surface area contributed by atoms with Crippen molar-refractivity contribution in [3.63, 3.8) is 0 Å². The van der Waals surface area contributed by atoms with Crippen molar-refractivity contribution in [1.82, 2.24) is 0 Å². The lowest BCUT2D eigenvalue weighted by Crippen LogP contribution is -2.46. The number of para-hydroxylation sites is 2. The van der Waals surface area contributed by atoms with E-state index in [1.807, 2.05) is 12.1 Å². The minimum atomic E-state index is -0.788. The van der Waals surface area contributed by atoms with E-state index in [0.717, 1.165) is 0 Å². The van der Waals surface area contributed by atoms with E-state index in [4.69, 9.17) is 23.7 Å². The molecule has 0 fully saturated rings. The van der Waals surface area contributed by atoms with Crippen LogP contribution in [-0.4, -0.2) is 39.4 Å². The number of carbonyl (C=O) groups is 1. The highest BCUT2D eigenvalue weighted by atomic mass is 16.6. The van der Waals surface area contributed by atoms with Crippen LogP contribution in [0.1, 0.15) is 6.92 Å². The quantitative estimate of drug-likeness (QED) is 0.885. The van der Waals surface area contributed by atoms with E-state index >= 15 is 0 Å². The van der Waals surface area contributed by atoms with Gasteiger partial charge in [0.05, 0.1) is 21.3 Å². The van der Waals surface area contributed by atoms with Crippen LogP contribution < -0.4 is 29.0 Å². The highest BCUT2D eigenvalue weighted by molar-refractivity contribution is 5.95. The van der Waals surface area contributed by atoms with Gasteiger partial charge in [0.25, 0.3) is 5.91 Å². The van der Waals surface area contributed by atoms with Crippen LogP contribution >= 0.6 is 0 Å². The summed E-state index contributed by atoms with van der Waals surface area (Å²) in [5.74, 6) is 2.17.